The summed E-state index contributed by atoms with van der Waals surface area (Å²) >= 11 is 13.0. The van der Waals surface area contributed by atoms with Gasteiger partial charge in [0.2, 0.25) is 5.91 Å². The third-order valence-corrected chi connectivity index (χ3v) is 5.43. The van der Waals surface area contributed by atoms with E-state index in [4.69, 9.17) is 23.2 Å². The van der Waals surface area contributed by atoms with Gasteiger partial charge in [-0.3, -0.25) is 9.59 Å². The van der Waals surface area contributed by atoms with Crippen molar-refractivity contribution >= 4 is 51.8 Å². The number of carbonyl (C=O) groups excluding carboxylic acids is 2. The lowest BCUT2D eigenvalue weighted by Gasteiger charge is -2.13. The first kappa shape index (κ1) is 20.6. The average molecular weight is 411 g/mol. The second kappa shape index (κ2) is 9.86. The molecule has 138 valence electrons. The van der Waals surface area contributed by atoms with Crippen molar-refractivity contribution in [3.8, 4) is 0 Å². The van der Waals surface area contributed by atoms with Crippen LogP contribution in [0.15, 0.2) is 47.4 Å². The van der Waals surface area contributed by atoms with E-state index >= 15 is 0 Å². The minimum atomic E-state index is -0.0914. The summed E-state index contributed by atoms with van der Waals surface area (Å²) in [4.78, 5) is 26.3. The highest BCUT2D eigenvalue weighted by atomic mass is 35.5. The second-order valence-electron chi connectivity index (χ2n) is 5.91. The van der Waals surface area contributed by atoms with Crippen molar-refractivity contribution in [2.75, 3.05) is 19.4 Å². The van der Waals surface area contributed by atoms with E-state index in [0.717, 1.165) is 28.6 Å². The molecule has 0 aliphatic carbocycles. The van der Waals surface area contributed by atoms with Crippen molar-refractivity contribution in [3.05, 3.63) is 58.1 Å². The van der Waals surface area contributed by atoms with Crippen molar-refractivity contribution in [1.82, 2.24) is 4.90 Å². The fraction of sp³-hybridized carbons (Fsp3) is 0.263. The Bertz CT molecular complexity index is 797. The van der Waals surface area contributed by atoms with E-state index in [0.29, 0.717) is 28.6 Å². The van der Waals surface area contributed by atoms with Crippen molar-refractivity contribution in [1.29, 1.82) is 0 Å². The first-order chi connectivity index (χ1) is 12.4. The summed E-state index contributed by atoms with van der Waals surface area (Å²) in [6, 6.07) is 12.8. The van der Waals surface area contributed by atoms with E-state index < -0.39 is 0 Å². The van der Waals surface area contributed by atoms with Crippen molar-refractivity contribution in [3.63, 3.8) is 0 Å². The predicted molar refractivity (Wildman–Crippen MR) is 109 cm³/mol. The first-order valence-electron chi connectivity index (χ1n) is 8.08. The van der Waals surface area contributed by atoms with E-state index in [-0.39, 0.29) is 11.1 Å². The number of anilines is 1. The molecule has 0 fully saturated rings. The lowest BCUT2D eigenvalue weighted by Crippen LogP contribution is -2.17. The first-order valence-corrected chi connectivity index (χ1v) is 9.66. The van der Waals surface area contributed by atoms with Gasteiger partial charge in [0, 0.05) is 25.4 Å². The van der Waals surface area contributed by atoms with Crippen LogP contribution in [0.25, 0.3) is 0 Å². The fourth-order valence-electron chi connectivity index (χ4n) is 2.21. The minimum absolute atomic E-state index is 0.0876. The quantitative estimate of drug-likeness (QED) is 0.618. The highest BCUT2D eigenvalue weighted by Crippen LogP contribution is 2.29. The van der Waals surface area contributed by atoms with Gasteiger partial charge in [-0.2, -0.15) is 0 Å². The maximum absolute atomic E-state index is 12.2. The summed E-state index contributed by atoms with van der Waals surface area (Å²) in [6.45, 7) is 0. The molecule has 26 heavy (non-hydrogen) atoms. The van der Waals surface area contributed by atoms with Gasteiger partial charge in [0.15, 0.2) is 0 Å². The third kappa shape index (κ3) is 6.24. The Hall–Kier alpha value is -1.69. The molecule has 0 heterocycles. The summed E-state index contributed by atoms with van der Waals surface area (Å²) in [7, 11) is 3.39. The molecule has 0 aliphatic heterocycles. The molecule has 0 saturated heterocycles. The zero-order chi connectivity index (χ0) is 19.1. The number of hydrogen-bond acceptors (Lipinski definition) is 3. The molecular formula is C19H20Cl2N2O2S. The number of benzene rings is 2. The maximum Gasteiger partial charge on any atom is 0.286 e. The van der Waals surface area contributed by atoms with Crippen molar-refractivity contribution < 1.29 is 9.59 Å². The van der Waals surface area contributed by atoms with Gasteiger partial charge >= 0.3 is 0 Å². The van der Waals surface area contributed by atoms with E-state index in [1.54, 1.807) is 26.2 Å². The molecule has 4 nitrogen and oxygen atoms in total. The van der Waals surface area contributed by atoms with Gasteiger partial charge in [0.05, 0.1) is 15.7 Å². The van der Waals surface area contributed by atoms with E-state index in [1.165, 1.54) is 4.90 Å². The van der Waals surface area contributed by atoms with Gasteiger partial charge in [-0.25, -0.2) is 0 Å². The molecule has 1 N–H and O–H groups in total. The average Bonchev–Trinajstić information content (AvgIpc) is 2.59. The number of aryl methyl sites for hydroxylation is 1. The largest absolute Gasteiger partial charge is 0.339 e. The third-order valence-electron chi connectivity index (χ3n) is 3.58. The molecule has 7 heteroatoms. The Balaban J connectivity index is 1.89. The SMILES string of the molecule is CN(C)C(=O)Sc1ccccc1NC(=O)CCCc1ccc(Cl)c(Cl)c1. The van der Waals surface area contributed by atoms with Crippen LogP contribution in [0.5, 0.6) is 0 Å². The molecule has 0 spiro atoms. The van der Waals surface area contributed by atoms with Crippen LogP contribution in [0, 0.1) is 0 Å². The molecule has 0 atom stereocenters. The maximum atomic E-state index is 12.2. The molecular weight excluding hydrogens is 391 g/mol. The van der Waals surface area contributed by atoms with Gasteiger partial charge in [0.25, 0.3) is 5.24 Å². The van der Waals surface area contributed by atoms with Crippen LogP contribution in [0.4, 0.5) is 10.5 Å². The van der Waals surface area contributed by atoms with Crippen LogP contribution in [0.1, 0.15) is 18.4 Å². The lowest BCUT2D eigenvalue weighted by molar-refractivity contribution is -0.116. The Labute approximate surface area is 167 Å². The Morgan fingerprint density at radius 2 is 1.81 bits per heavy atom. The van der Waals surface area contributed by atoms with Gasteiger partial charge < -0.3 is 10.2 Å². The second-order valence-corrected chi connectivity index (χ2v) is 7.72. The van der Waals surface area contributed by atoms with E-state index in [9.17, 15) is 9.59 Å². The molecule has 0 bridgehead atoms. The molecule has 0 saturated carbocycles. The number of nitrogens with zero attached hydrogens (tertiary/aromatic N) is 1. The van der Waals surface area contributed by atoms with Crippen LogP contribution in [-0.2, 0) is 11.2 Å². The molecule has 0 unspecified atom stereocenters. The Morgan fingerprint density at radius 3 is 2.50 bits per heavy atom. The summed E-state index contributed by atoms with van der Waals surface area (Å²) in [5, 5.41) is 3.83. The van der Waals surface area contributed by atoms with Crippen LogP contribution < -0.4 is 5.32 Å². The molecule has 0 aliphatic rings. The molecule has 2 aromatic rings. The Kier molecular flexibility index (Phi) is 7.82. The van der Waals surface area contributed by atoms with E-state index in [1.807, 2.05) is 30.3 Å². The van der Waals surface area contributed by atoms with Crippen LogP contribution in [0.2, 0.25) is 10.0 Å². The van der Waals surface area contributed by atoms with Crippen LogP contribution in [0.3, 0.4) is 0 Å². The van der Waals surface area contributed by atoms with Crippen LogP contribution in [-0.4, -0.2) is 30.1 Å². The number of rotatable bonds is 6. The highest BCUT2D eigenvalue weighted by Gasteiger charge is 2.12. The summed E-state index contributed by atoms with van der Waals surface area (Å²) in [5.74, 6) is -0.0876. The molecule has 2 rings (SSSR count). The van der Waals surface area contributed by atoms with Crippen molar-refractivity contribution in [2.45, 2.75) is 24.2 Å². The summed E-state index contributed by atoms with van der Waals surface area (Å²) in [6.07, 6.45) is 1.80. The van der Waals surface area contributed by atoms with Crippen molar-refractivity contribution in [2.24, 2.45) is 0 Å². The van der Waals surface area contributed by atoms with Crippen LogP contribution >= 0.6 is 35.0 Å². The monoisotopic (exact) mass is 410 g/mol. The fourth-order valence-corrected chi connectivity index (χ4v) is 3.27. The number of nitrogens with one attached hydrogen (secondary N) is 1. The zero-order valence-electron chi connectivity index (χ0n) is 14.6. The lowest BCUT2D eigenvalue weighted by atomic mass is 10.1. The number of thioether (sulfide) groups is 1. The summed E-state index contributed by atoms with van der Waals surface area (Å²) in [5.41, 5.74) is 1.69. The van der Waals surface area contributed by atoms with Gasteiger partial charge in [-0.1, -0.05) is 41.4 Å². The molecule has 0 radical (unpaired) electrons. The molecule has 0 aromatic heterocycles. The predicted octanol–water partition coefficient (Wildman–Crippen LogP) is 5.73. The normalized spacial score (nSPS) is 10.5. The number of amides is 2. The zero-order valence-corrected chi connectivity index (χ0v) is 16.9. The summed E-state index contributed by atoms with van der Waals surface area (Å²) < 4.78 is 0. The number of carbonyl (C=O) groups is 2. The topological polar surface area (TPSA) is 49.4 Å². The standard InChI is InChI=1S/C19H20Cl2N2O2S/c1-23(2)19(25)26-17-8-4-3-7-16(17)22-18(24)9-5-6-13-10-11-14(20)15(21)12-13/h3-4,7-8,10-12H,5-6,9H2,1-2H3,(H,22,24). The minimum Gasteiger partial charge on any atom is -0.339 e. The number of para-hydroxylation sites is 1. The number of halogens is 2. The molecule has 2 aromatic carbocycles. The van der Waals surface area contributed by atoms with Gasteiger partial charge in [-0.05, 0) is 54.4 Å². The van der Waals surface area contributed by atoms with Gasteiger partial charge in [0.1, 0.15) is 0 Å². The highest BCUT2D eigenvalue weighted by molar-refractivity contribution is 8.13. The smallest absolute Gasteiger partial charge is 0.286 e. The van der Waals surface area contributed by atoms with E-state index in [2.05, 4.69) is 5.32 Å². The van der Waals surface area contributed by atoms with Gasteiger partial charge in [-0.15, -0.1) is 0 Å². The Morgan fingerprint density at radius 1 is 1.08 bits per heavy atom. The number of hydrogen-bond donors (Lipinski definition) is 1. The molecule has 2 amide bonds.